The molecule has 1 aliphatic heterocycles. The third-order valence-corrected chi connectivity index (χ3v) is 4.38. The van der Waals surface area contributed by atoms with Gasteiger partial charge < -0.3 is 29.2 Å². The number of aliphatic hydroxyl groups is 2. The summed E-state index contributed by atoms with van der Waals surface area (Å²) >= 11 is 0. The van der Waals surface area contributed by atoms with Gasteiger partial charge in [0.05, 0.1) is 19.8 Å². The number of rotatable bonds is 8. The largest absolute Gasteiger partial charge is 0.396 e. The molecule has 0 aliphatic carbocycles. The maximum Gasteiger partial charge on any atom is 0.384 e. The Morgan fingerprint density at radius 2 is 1.64 bits per heavy atom. The van der Waals surface area contributed by atoms with E-state index in [-0.39, 0.29) is 19.8 Å². The minimum Gasteiger partial charge on any atom is -0.396 e. The van der Waals surface area contributed by atoms with Gasteiger partial charge in [-0.3, -0.25) is 0 Å². The molecule has 0 saturated carbocycles. The predicted molar refractivity (Wildman–Crippen MR) is 86.8 cm³/mol. The molecule has 1 heterocycles. The van der Waals surface area contributed by atoms with Crippen LogP contribution in [0.2, 0.25) is 0 Å². The van der Waals surface area contributed by atoms with E-state index < -0.39 is 35.0 Å². The molecule has 0 radical (unpaired) electrons. The number of hydrogen-bond donors (Lipinski definition) is 2. The normalized spacial score (nSPS) is 24.3. The first kappa shape index (κ1) is 21.3. The highest BCUT2D eigenvalue weighted by Crippen LogP contribution is 2.42. The number of carbonyl (C=O) groups excluding carboxylic acids is 2. The highest BCUT2D eigenvalue weighted by atomic mass is 16.8. The van der Waals surface area contributed by atoms with E-state index in [0.717, 1.165) is 12.2 Å². The summed E-state index contributed by atoms with van der Waals surface area (Å²) in [5.74, 6) is -4.68. The van der Waals surface area contributed by atoms with Gasteiger partial charge in [0.1, 0.15) is 5.41 Å². The van der Waals surface area contributed by atoms with Gasteiger partial charge in [-0.2, -0.15) is 0 Å². The second-order valence-corrected chi connectivity index (χ2v) is 6.52. The fourth-order valence-electron chi connectivity index (χ4n) is 2.21. The van der Waals surface area contributed by atoms with Crippen molar-refractivity contribution in [2.75, 3.05) is 19.8 Å². The van der Waals surface area contributed by atoms with E-state index in [1.807, 2.05) is 6.92 Å². The molecular formula is C17H26O8. The summed E-state index contributed by atoms with van der Waals surface area (Å²) in [5, 5.41) is 20.3. The van der Waals surface area contributed by atoms with E-state index in [1.54, 1.807) is 0 Å². The molecule has 0 aromatic carbocycles. The van der Waals surface area contributed by atoms with Crippen LogP contribution in [0.15, 0.2) is 25.3 Å². The van der Waals surface area contributed by atoms with Crippen molar-refractivity contribution in [2.45, 2.75) is 39.5 Å². The van der Waals surface area contributed by atoms with Crippen molar-refractivity contribution in [3.63, 3.8) is 0 Å². The summed E-state index contributed by atoms with van der Waals surface area (Å²) in [7, 11) is 0. The van der Waals surface area contributed by atoms with Crippen LogP contribution in [0.5, 0.6) is 0 Å². The summed E-state index contributed by atoms with van der Waals surface area (Å²) < 4.78 is 21.0. The molecule has 8 nitrogen and oxygen atoms in total. The van der Waals surface area contributed by atoms with E-state index >= 15 is 0 Å². The molecule has 0 aromatic heterocycles. The summed E-state index contributed by atoms with van der Waals surface area (Å²) in [4.78, 5) is 23.2. The monoisotopic (exact) mass is 358 g/mol. The van der Waals surface area contributed by atoms with Gasteiger partial charge in [0, 0.05) is 17.6 Å². The van der Waals surface area contributed by atoms with E-state index in [0.29, 0.717) is 6.42 Å². The van der Waals surface area contributed by atoms with Gasteiger partial charge in [0.15, 0.2) is 6.29 Å². The number of hydrogen-bond acceptors (Lipinski definition) is 8. The average molecular weight is 358 g/mol. The van der Waals surface area contributed by atoms with Crippen molar-refractivity contribution < 1.29 is 38.7 Å². The van der Waals surface area contributed by atoms with Crippen molar-refractivity contribution in [1.29, 1.82) is 0 Å². The zero-order chi connectivity index (χ0) is 19.3. The average Bonchev–Trinajstić information content (AvgIpc) is 2.61. The van der Waals surface area contributed by atoms with E-state index in [4.69, 9.17) is 18.9 Å². The number of aliphatic hydroxyl groups excluding tert-OH is 1. The molecule has 1 rings (SSSR count). The minimum absolute atomic E-state index is 0.127. The SMILES string of the molecule is C=CC(=O)OC(O)(OC(=O)C=C)C(C)(C)C1OCC(CC)(CO)CO1. The maximum absolute atomic E-state index is 11.6. The molecule has 0 bridgehead atoms. The first-order chi connectivity index (χ1) is 11.6. The number of ether oxygens (including phenoxy) is 4. The second kappa shape index (κ2) is 8.09. The Kier molecular flexibility index (Phi) is 6.90. The molecule has 0 unspecified atom stereocenters. The van der Waals surface area contributed by atoms with Gasteiger partial charge in [-0.25, -0.2) is 9.59 Å². The van der Waals surface area contributed by atoms with Crippen molar-refractivity contribution in [3.8, 4) is 0 Å². The highest BCUT2D eigenvalue weighted by Gasteiger charge is 2.58. The Morgan fingerprint density at radius 3 is 1.96 bits per heavy atom. The van der Waals surface area contributed by atoms with Crippen LogP contribution >= 0.6 is 0 Å². The molecule has 2 N–H and O–H groups in total. The van der Waals surface area contributed by atoms with Crippen LogP contribution in [-0.2, 0) is 28.5 Å². The Bertz CT molecular complexity index is 489. The molecule has 1 aliphatic rings. The lowest BCUT2D eigenvalue weighted by Gasteiger charge is -2.47. The van der Waals surface area contributed by atoms with Crippen molar-refractivity contribution in [2.24, 2.45) is 10.8 Å². The molecule has 0 spiro atoms. The van der Waals surface area contributed by atoms with Crippen LogP contribution in [0.25, 0.3) is 0 Å². The molecule has 1 saturated heterocycles. The summed E-state index contributed by atoms with van der Waals surface area (Å²) in [5.41, 5.74) is -2.06. The lowest BCUT2D eigenvalue weighted by Crippen LogP contribution is -2.60. The molecule has 8 heteroatoms. The zero-order valence-electron chi connectivity index (χ0n) is 14.8. The summed E-state index contributed by atoms with van der Waals surface area (Å²) in [6.07, 6.45) is 1.19. The molecule has 25 heavy (non-hydrogen) atoms. The Balaban J connectivity index is 3.06. The Morgan fingerprint density at radius 1 is 1.20 bits per heavy atom. The van der Waals surface area contributed by atoms with Crippen LogP contribution in [0, 0.1) is 10.8 Å². The van der Waals surface area contributed by atoms with Gasteiger partial charge in [0.25, 0.3) is 0 Å². The van der Waals surface area contributed by atoms with Crippen molar-refractivity contribution in [1.82, 2.24) is 0 Å². The molecule has 0 aromatic rings. The Hall–Kier alpha value is -1.74. The van der Waals surface area contributed by atoms with Crippen LogP contribution < -0.4 is 0 Å². The third kappa shape index (κ3) is 4.46. The standard InChI is InChI=1S/C17H26O8/c1-6-12(19)24-17(21,25-13(20)7-2)15(4,5)14-22-10-16(8-3,9-18)11-23-14/h6-7,14,18,21H,1-2,8-11H2,3-5H3. The quantitative estimate of drug-likeness (QED) is 0.374. The smallest absolute Gasteiger partial charge is 0.384 e. The fourth-order valence-corrected chi connectivity index (χ4v) is 2.21. The van der Waals surface area contributed by atoms with Crippen LogP contribution in [0.1, 0.15) is 27.2 Å². The van der Waals surface area contributed by atoms with Gasteiger partial charge in [-0.15, -0.1) is 0 Å². The summed E-state index contributed by atoms with van der Waals surface area (Å²) in [6.45, 7) is 11.5. The van der Waals surface area contributed by atoms with Crippen molar-refractivity contribution in [3.05, 3.63) is 25.3 Å². The van der Waals surface area contributed by atoms with Crippen molar-refractivity contribution >= 4 is 11.9 Å². The molecule has 142 valence electrons. The zero-order valence-corrected chi connectivity index (χ0v) is 14.8. The lowest BCUT2D eigenvalue weighted by molar-refractivity contribution is -0.414. The third-order valence-electron chi connectivity index (χ3n) is 4.38. The van der Waals surface area contributed by atoms with Crippen LogP contribution in [0.3, 0.4) is 0 Å². The number of carbonyl (C=O) groups is 2. The highest BCUT2D eigenvalue weighted by molar-refractivity contribution is 5.83. The maximum atomic E-state index is 11.6. The Labute approximate surface area is 147 Å². The number of esters is 2. The lowest BCUT2D eigenvalue weighted by atomic mass is 9.84. The van der Waals surface area contributed by atoms with E-state index in [2.05, 4.69) is 13.2 Å². The first-order valence-electron chi connectivity index (χ1n) is 7.87. The molecule has 1 fully saturated rings. The topological polar surface area (TPSA) is 112 Å². The molecule has 0 amide bonds. The van der Waals surface area contributed by atoms with Gasteiger partial charge >= 0.3 is 17.9 Å². The fraction of sp³-hybridized carbons (Fsp3) is 0.647. The molecule has 0 atom stereocenters. The van der Waals surface area contributed by atoms with Gasteiger partial charge in [-0.05, 0) is 20.3 Å². The van der Waals surface area contributed by atoms with Gasteiger partial charge in [0.2, 0.25) is 0 Å². The minimum atomic E-state index is -2.68. The van der Waals surface area contributed by atoms with Crippen LogP contribution in [0.4, 0.5) is 0 Å². The van der Waals surface area contributed by atoms with E-state index in [9.17, 15) is 19.8 Å². The first-order valence-corrected chi connectivity index (χ1v) is 7.87. The van der Waals surface area contributed by atoms with Gasteiger partial charge in [-0.1, -0.05) is 20.1 Å². The predicted octanol–water partition coefficient (Wildman–Crippen LogP) is 0.879. The van der Waals surface area contributed by atoms with E-state index in [1.165, 1.54) is 13.8 Å². The second-order valence-electron chi connectivity index (χ2n) is 6.52. The van der Waals surface area contributed by atoms with Crippen LogP contribution in [-0.4, -0.2) is 54.2 Å². The molecular weight excluding hydrogens is 332 g/mol. The summed E-state index contributed by atoms with van der Waals surface area (Å²) in [6, 6.07) is 0.